The van der Waals surface area contributed by atoms with E-state index in [0.717, 1.165) is 18.6 Å². The van der Waals surface area contributed by atoms with Crippen molar-refractivity contribution in [1.82, 2.24) is 0 Å². The van der Waals surface area contributed by atoms with Crippen molar-refractivity contribution in [2.45, 2.75) is 32.6 Å². The van der Waals surface area contributed by atoms with Gasteiger partial charge in [-0.1, -0.05) is 37.6 Å². The molecule has 0 atom stereocenters. The highest BCUT2D eigenvalue weighted by Gasteiger charge is 2.09. The first-order valence-corrected chi connectivity index (χ1v) is 8.94. The van der Waals surface area contributed by atoms with Crippen molar-refractivity contribution in [2.24, 2.45) is 0 Å². The molecule has 0 saturated carbocycles. The van der Waals surface area contributed by atoms with E-state index in [1.807, 2.05) is 37.3 Å². The molecular weight excluding hydrogens is 330 g/mol. The van der Waals surface area contributed by atoms with Crippen molar-refractivity contribution in [1.29, 1.82) is 0 Å². The van der Waals surface area contributed by atoms with Gasteiger partial charge in [0.25, 0.3) is 0 Å². The zero-order valence-corrected chi connectivity index (χ0v) is 15.1. The Morgan fingerprint density at radius 2 is 1.77 bits per heavy atom. The largest absolute Gasteiger partial charge is 0.494 e. The quantitative estimate of drug-likeness (QED) is 0.505. The number of carbonyl (C=O) groups excluding carboxylic acids is 2. The number of hydrogen-bond acceptors (Lipinski definition) is 4. The van der Waals surface area contributed by atoms with Gasteiger partial charge in [-0.05, 0) is 43.2 Å². The molecule has 0 bridgehead atoms. The SMILES string of the molecule is CCCCOC(=O)c1cccc(NC(=O)CCCOc2ccccc2)c1. The van der Waals surface area contributed by atoms with Gasteiger partial charge in [0.2, 0.25) is 5.91 Å². The molecule has 0 aliphatic heterocycles. The molecule has 5 heteroatoms. The van der Waals surface area contributed by atoms with Gasteiger partial charge < -0.3 is 14.8 Å². The number of unbranched alkanes of at least 4 members (excludes halogenated alkanes) is 1. The summed E-state index contributed by atoms with van der Waals surface area (Å²) in [5, 5.41) is 2.80. The lowest BCUT2D eigenvalue weighted by atomic mass is 10.2. The lowest BCUT2D eigenvalue weighted by molar-refractivity contribution is -0.116. The summed E-state index contributed by atoms with van der Waals surface area (Å²) in [6.07, 6.45) is 2.77. The van der Waals surface area contributed by atoms with Crippen molar-refractivity contribution in [3.63, 3.8) is 0 Å². The Hall–Kier alpha value is -2.82. The summed E-state index contributed by atoms with van der Waals surface area (Å²) in [5.41, 5.74) is 1.02. The molecule has 2 rings (SSSR count). The highest BCUT2D eigenvalue weighted by Crippen LogP contribution is 2.13. The number of anilines is 1. The number of ether oxygens (including phenoxy) is 2. The Morgan fingerprint density at radius 3 is 2.54 bits per heavy atom. The molecule has 2 aromatic carbocycles. The standard InChI is InChI=1S/C21H25NO4/c1-2-3-14-26-21(24)17-9-7-10-18(16-17)22-20(23)13-8-15-25-19-11-5-4-6-12-19/h4-7,9-12,16H,2-3,8,13-15H2,1H3,(H,22,23). The number of benzene rings is 2. The van der Waals surface area contributed by atoms with Crippen LogP contribution in [0, 0.1) is 0 Å². The Morgan fingerprint density at radius 1 is 0.962 bits per heavy atom. The number of esters is 1. The van der Waals surface area contributed by atoms with Crippen LogP contribution in [0.4, 0.5) is 5.69 Å². The van der Waals surface area contributed by atoms with E-state index in [1.165, 1.54) is 0 Å². The maximum Gasteiger partial charge on any atom is 0.338 e. The van der Waals surface area contributed by atoms with Crippen LogP contribution in [0.2, 0.25) is 0 Å². The van der Waals surface area contributed by atoms with E-state index in [1.54, 1.807) is 24.3 Å². The van der Waals surface area contributed by atoms with Crippen LogP contribution in [0.5, 0.6) is 5.75 Å². The number of nitrogens with one attached hydrogen (secondary N) is 1. The molecule has 0 radical (unpaired) electrons. The van der Waals surface area contributed by atoms with Gasteiger partial charge in [0.05, 0.1) is 18.8 Å². The second-order valence-electron chi connectivity index (χ2n) is 5.88. The summed E-state index contributed by atoms with van der Waals surface area (Å²) in [7, 11) is 0. The average molecular weight is 355 g/mol. The first kappa shape index (κ1) is 19.5. The van der Waals surface area contributed by atoms with Gasteiger partial charge in [-0.15, -0.1) is 0 Å². The number of carbonyl (C=O) groups is 2. The van der Waals surface area contributed by atoms with Crippen LogP contribution in [0.15, 0.2) is 54.6 Å². The molecule has 5 nitrogen and oxygen atoms in total. The average Bonchev–Trinajstić information content (AvgIpc) is 2.66. The molecule has 26 heavy (non-hydrogen) atoms. The van der Waals surface area contributed by atoms with E-state index in [4.69, 9.17) is 9.47 Å². The van der Waals surface area contributed by atoms with E-state index in [-0.39, 0.29) is 11.9 Å². The Labute approximate surface area is 154 Å². The molecule has 0 unspecified atom stereocenters. The smallest absolute Gasteiger partial charge is 0.338 e. The number of rotatable bonds is 10. The van der Waals surface area contributed by atoms with Crippen LogP contribution >= 0.6 is 0 Å². The monoisotopic (exact) mass is 355 g/mol. The second kappa shape index (κ2) is 10.9. The summed E-state index contributed by atoms with van der Waals surface area (Å²) in [6.45, 7) is 2.92. The number of hydrogen-bond donors (Lipinski definition) is 1. The Balaban J connectivity index is 1.74. The fraction of sp³-hybridized carbons (Fsp3) is 0.333. The van der Waals surface area contributed by atoms with Gasteiger partial charge in [0.1, 0.15) is 5.75 Å². The molecule has 1 N–H and O–H groups in total. The van der Waals surface area contributed by atoms with Crippen molar-refractivity contribution < 1.29 is 19.1 Å². The summed E-state index contributed by atoms with van der Waals surface area (Å²) in [5.74, 6) is 0.311. The topological polar surface area (TPSA) is 64.6 Å². The van der Waals surface area contributed by atoms with Crippen LogP contribution in [-0.2, 0) is 9.53 Å². The minimum Gasteiger partial charge on any atom is -0.494 e. The fourth-order valence-corrected chi connectivity index (χ4v) is 2.28. The molecule has 1 amide bonds. The lowest BCUT2D eigenvalue weighted by Gasteiger charge is -2.08. The summed E-state index contributed by atoms with van der Waals surface area (Å²) >= 11 is 0. The van der Waals surface area contributed by atoms with Gasteiger partial charge in [-0.2, -0.15) is 0 Å². The molecular formula is C21H25NO4. The van der Waals surface area contributed by atoms with E-state index in [9.17, 15) is 9.59 Å². The van der Waals surface area contributed by atoms with Gasteiger partial charge in [-0.25, -0.2) is 4.79 Å². The minimum absolute atomic E-state index is 0.113. The first-order valence-electron chi connectivity index (χ1n) is 8.94. The van der Waals surface area contributed by atoms with Crippen LogP contribution in [0.25, 0.3) is 0 Å². The predicted molar refractivity (Wildman–Crippen MR) is 101 cm³/mol. The maximum atomic E-state index is 12.0. The van der Waals surface area contributed by atoms with Crippen LogP contribution in [-0.4, -0.2) is 25.1 Å². The van der Waals surface area contributed by atoms with Gasteiger partial charge in [0, 0.05) is 12.1 Å². The number of para-hydroxylation sites is 1. The maximum absolute atomic E-state index is 12.0. The second-order valence-corrected chi connectivity index (χ2v) is 5.88. The summed E-state index contributed by atoms with van der Waals surface area (Å²) in [6, 6.07) is 16.3. The zero-order chi connectivity index (χ0) is 18.6. The summed E-state index contributed by atoms with van der Waals surface area (Å²) < 4.78 is 10.7. The van der Waals surface area contributed by atoms with Crippen LogP contribution < -0.4 is 10.1 Å². The molecule has 0 heterocycles. The van der Waals surface area contributed by atoms with E-state index < -0.39 is 0 Å². The zero-order valence-electron chi connectivity index (χ0n) is 15.1. The Bertz CT molecular complexity index is 700. The molecule has 0 fully saturated rings. The van der Waals surface area contributed by atoms with Crippen molar-refractivity contribution in [3.8, 4) is 5.75 Å². The van der Waals surface area contributed by atoms with E-state index in [0.29, 0.717) is 37.3 Å². The predicted octanol–water partition coefficient (Wildman–Crippen LogP) is 4.44. The van der Waals surface area contributed by atoms with Crippen molar-refractivity contribution in [2.75, 3.05) is 18.5 Å². The van der Waals surface area contributed by atoms with Crippen LogP contribution in [0.1, 0.15) is 43.0 Å². The van der Waals surface area contributed by atoms with Gasteiger partial charge in [-0.3, -0.25) is 4.79 Å². The van der Waals surface area contributed by atoms with Gasteiger partial charge >= 0.3 is 5.97 Å². The fourth-order valence-electron chi connectivity index (χ4n) is 2.28. The Kier molecular flexibility index (Phi) is 8.19. The third-order valence-corrected chi connectivity index (χ3v) is 3.67. The van der Waals surface area contributed by atoms with E-state index >= 15 is 0 Å². The molecule has 0 saturated heterocycles. The van der Waals surface area contributed by atoms with Crippen molar-refractivity contribution >= 4 is 17.6 Å². The normalized spacial score (nSPS) is 10.2. The molecule has 0 spiro atoms. The molecule has 0 aliphatic carbocycles. The highest BCUT2D eigenvalue weighted by molar-refractivity contribution is 5.94. The molecule has 0 aliphatic rings. The minimum atomic E-state index is -0.370. The highest BCUT2D eigenvalue weighted by atomic mass is 16.5. The number of amides is 1. The first-order chi connectivity index (χ1) is 12.7. The third-order valence-electron chi connectivity index (χ3n) is 3.67. The molecule has 2 aromatic rings. The molecule has 138 valence electrons. The van der Waals surface area contributed by atoms with Gasteiger partial charge in [0.15, 0.2) is 0 Å². The summed E-state index contributed by atoms with van der Waals surface area (Å²) in [4.78, 5) is 24.0. The van der Waals surface area contributed by atoms with E-state index in [2.05, 4.69) is 5.32 Å². The molecule has 0 aromatic heterocycles. The lowest BCUT2D eigenvalue weighted by Crippen LogP contribution is -2.13. The third kappa shape index (κ3) is 6.97. The van der Waals surface area contributed by atoms with Crippen LogP contribution in [0.3, 0.4) is 0 Å². The van der Waals surface area contributed by atoms with Crippen molar-refractivity contribution in [3.05, 3.63) is 60.2 Å².